The zero-order chi connectivity index (χ0) is 18.6. The summed E-state index contributed by atoms with van der Waals surface area (Å²) in [5, 5.41) is 11.9. The average molecular weight is 368 g/mol. The lowest BCUT2D eigenvalue weighted by atomic mass is 10.1. The minimum atomic E-state index is -4.31. The maximum atomic E-state index is 12.9. The molecule has 1 aliphatic rings. The van der Waals surface area contributed by atoms with Gasteiger partial charge >= 0.3 is 6.18 Å². The van der Waals surface area contributed by atoms with Gasteiger partial charge in [-0.2, -0.15) is 13.2 Å². The van der Waals surface area contributed by atoms with Crippen LogP contribution in [0, 0.1) is 0 Å². The summed E-state index contributed by atoms with van der Waals surface area (Å²) in [5.41, 5.74) is 0.0137. The van der Waals surface area contributed by atoms with Crippen LogP contribution in [0.3, 0.4) is 0 Å². The van der Waals surface area contributed by atoms with Gasteiger partial charge in [-0.15, -0.1) is 5.10 Å². The Morgan fingerprint density at radius 2 is 1.88 bits per heavy atom. The van der Waals surface area contributed by atoms with E-state index in [4.69, 9.17) is 0 Å². The van der Waals surface area contributed by atoms with Crippen LogP contribution in [0.5, 0.6) is 0 Å². The number of alkyl halides is 3. The van der Waals surface area contributed by atoms with Crippen molar-refractivity contribution in [1.29, 1.82) is 0 Å². The van der Waals surface area contributed by atoms with Gasteiger partial charge in [0.1, 0.15) is 0 Å². The lowest BCUT2D eigenvalue weighted by Crippen LogP contribution is -2.46. The highest BCUT2D eigenvalue weighted by Gasteiger charge is 2.31. The lowest BCUT2D eigenvalue weighted by Gasteiger charge is -2.36. The largest absolute Gasteiger partial charge is 0.416 e. The van der Waals surface area contributed by atoms with Crippen molar-refractivity contribution in [1.82, 2.24) is 25.1 Å². The molecule has 3 rings (SSSR count). The zero-order valence-electron chi connectivity index (χ0n) is 14.8. The number of aryl methyl sites for hydroxylation is 1. The normalized spacial score (nSPS) is 16.2. The van der Waals surface area contributed by atoms with Crippen molar-refractivity contribution in [2.45, 2.75) is 39.0 Å². The first kappa shape index (κ1) is 18.6. The number of hydrogen-bond donors (Lipinski definition) is 0. The van der Waals surface area contributed by atoms with Gasteiger partial charge in [0.2, 0.25) is 0 Å². The number of halogens is 3. The average Bonchev–Trinajstić information content (AvgIpc) is 3.07. The van der Waals surface area contributed by atoms with Crippen LogP contribution >= 0.6 is 0 Å². The molecule has 2 heterocycles. The number of nitrogens with zero attached hydrogens (tertiary/aromatic N) is 6. The molecule has 0 amide bonds. The van der Waals surface area contributed by atoms with E-state index in [1.807, 2.05) is 9.58 Å². The zero-order valence-corrected chi connectivity index (χ0v) is 14.8. The summed E-state index contributed by atoms with van der Waals surface area (Å²) >= 11 is 0. The van der Waals surface area contributed by atoms with Crippen molar-refractivity contribution in [2.75, 3.05) is 31.1 Å². The maximum absolute atomic E-state index is 12.9. The van der Waals surface area contributed by atoms with Crippen molar-refractivity contribution in [3.8, 4) is 0 Å². The van der Waals surface area contributed by atoms with Crippen LogP contribution in [-0.2, 0) is 19.3 Å². The topological polar surface area (TPSA) is 50.1 Å². The second-order valence-electron chi connectivity index (χ2n) is 6.48. The molecular weight excluding hydrogens is 345 g/mol. The van der Waals surface area contributed by atoms with E-state index in [-0.39, 0.29) is 0 Å². The number of rotatable bonds is 6. The fraction of sp³-hybridized carbons (Fsp3) is 0.588. The van der Waals surface area contributed by atoms with Gasteiger partial charge in [-0.3, -0.25) is 4.90 Å². The number of benzene rings is 1. The van der Waals surface area contributed by atoms with Crippen LogP contribution in [0.2, 0.25) is 0 Å². The van der Waals surface area contributed by atoms with E-state index in [2.05, 4.69) is 27.3 Å². The van der Waals surface area contributed by atoms with Crippen molar-refractivity contribution in [3.05, 3.63) is 35.7 Å². The fourth-order valence-electron chi connectivity index (χ4n) is 3.06. The summed E-state index contributed by atoms with van der Waals surface area (Å²) in [6.07, 6.45) is -2.20. The predicted octanol–water partition coefficient (Wildman–Crippen LogP) is 2.81. The summed E-state index contributed by atoms with van der Waals surface area (Å²) in [4.78, 5) is 4.23. The van der Waals surface area contributed by atoms with Gasteiger partial charge in [0, 0.05) is 38.4 Å². The molecule has 2 aromatic rings. The van der Waals surface area contributed by atoms with Crippen LogP contribution in [-0.4, -0.2) is 51.3 Å². The number of aromatic nitrogens is 4. The van der Waals surface area contributed by atoms with E-state index in [1.54, 1.807) is 6.07 Å². The third-order valence-electron chi connectivity index (χ3n) is 4.61. The van der Waals surface area contributed by atoms with Gasteiger partial charge in [0.05, 0.1) is 12.1 Å². The highest BCUT2D eigenvalue weighted by Crippen LogP contribution is 2.31. The van der Waals surface area contributed by atoms with Gasteiger partial charge < -0.3 is 4.90 Å². The molecule has 0 aliphatic carbocycles. The molecule has 0 N–H and O–H groups in total. The van der Waals surface area contributed by atoms with Crippen LogP contribution in [0.4, 0.5) is 18.9 Å². The standard InChI is InChI=1S/C17H23F3N6/c1-2-3-7-26-16(21-22-23-26)13-24-8-10-25(11-9-24)15-6-4-5-14(12-15)17(18,19)20/h4-6,12H,2-3,7-11,13H2,1H3. The smallest absolute Gasteiger partial charge is 0.369 e. The molecule has 0 bridgehead atoms. The predicted molar refractivity (Wildman–Crippen MR) is 91.7 cm³/mol. The number of piperazine rings is 1. The summed E-state index contributed by atoms with van der Waals surface area (Å²) in [6.45, 7) is 6.47. The Balaban J connectivity index is 1.57. The molecule has 0 spiro atoms. The Morgan fingerprint density at radius 3 is 2.58 bits per heavy atom. The molecular formula is C17H23F3N6. The van der Waals surface area contributed by atoms with Crippen molar-refractivity contribution in [3.63, 3.8) is 0 Å². The number of unbranched alkanes of at least 4 members (excludes halogenated alkanes) is 1. The van der Waals surface area contributed by atoms with Crippen LogP contribution in [0.1, 0.15) is 31.2 Å². The van der Waals surface area contributed by atoms with Gasteiger partial charge in [-0.25, -0.2) is 4.68 Å². The Hall–Kier alpha value is -2.16. The number of anilines is 1. The minimum absolute atomic E-state index is 0.604. The van der Waals surface area contributed by atoms with E-state index in [0.29, 0.717) is 25.3 Å². The van der Waals surface area contributed by atoms with Crippen molar-refractivity contribution >= 4 is 5.69 Å². The first-order valence-electron chi connectivity index (χ1n) is 8.87. The summed E-state index contributed by atoms with van der Waals surface area (Å²) in [6, 6.07) is 5.53. The molecule has 1 aromatic carbocycles. The molecule has 9 heteroatoms. The van der Waals surface area contributed by atoms with Gasteiger partial charge in [-0.1, -0.05) is 19.4 Å². The second kappa shape index (κ2) is 8.03. The van der Waals surface area contributed by atoms with E-state index in [1.165, 1.54) is 12.1 Å². The lowest BCUT2D eigenvalue weighted by molar-refractivity contribution is -0.137. The Bertz CT molecular complexity index is 707. The van der Waals surface area contributed by atoms with E-state index < -0.39 is 11.7 Å². The summed E-state index contributed by atoms with van der Waals surface area (Å²) in [5.74, 6) is 0.839. The molecule has 1 aromatic heterocycles. The minimum Gasteiger partial charge on any atom is -0.369 e. The first-order chi connectivity index (χ1) is 12.5. The first-order valence-corrected chi connectivity index (χ1v) is 8.87. The molecule has 0 radical (unpaired) electrons. The van der Waals surface area contributed by atoms with Gasteiger partial charge in [0.15, 0.2) is 5.82 Å². The Morgan fingerprint density at radius 1 is 1.12 bits per heavy atom. The number of tetrazole rings is 1. The Labute approximate surface area is 150 Å². The molecule has 142 valence electrons. The molecule has 1 aliphatic heterocycles. The van der Waals surface area contributed by atoms with E-state index >= 15 is 0 Å². The maximum Gasteiger partial charge on any atom is 0.416 e. The number of hydrogen-bond acceptors (Lipinski definition) is 5. The van der Waals surface area contributed by atoms with E-state index in [9.17, 15) is 13.2 Å². The molecule has 1 fully saturated rings. The van der Waals surface area contributed by atoms with Crippen LogP contribution < -0.4 is 4.90 Å². The summed E-state index contributed by atoms with van der Waals surface area (Å²) in [7, 11) is 0. The third kappa shape index (κ3) is 4.51. The third-order valence-corrected chi connectivity index (χ3v) is 4.61. The van der Waals surface area contributed by atoms with Gasteiger partial charge in [0.25, 0.3) is 0 Å². The van der Waals surface area contributed by atoms with E-state index in [0.717, 1.165) is 44.4 Å². The van der Waals surface area contributed by atoms with Crippen molar-refractivity contribution < 1.29 is 13.2 Å². The second-order valence-corrected chi connectivity index (χ2v) is 6.48. The SMILES string of the molecule is CCCCn1nnnc1CN1CCN(c2cccc(C(F)(F)F)c2)CC1. The fourth-order valence-corrected chi connectivity index (χ4v) is 3.06. The summed E-state index contributed by atoms with van der Waals surface area (Å²) < 4.78 is 40.5. The Kier molecular flexibility index (Phi) is 5.75. The molecule has 6 nitrogen and oxygen atoms in total. The monoisotopic (exact) mass is 368 g/mol. The van der Waals surface area contributed by atoms with Crippen LogP contribution in [0.15, 0.2) is 24.3 Å². The molecule has 0 unspecified atom stereocenters. The van der Waals surface area contributed by atoms with Crippen molar-refractivity contribution in [2.24, 2.45) is 0 Å². The molecule has 1 saturated heterocycles. The quantitative estimate of drug-likeness (QED) is 0.785. The molecule has 0 saturated carbocycles. The van der Waals surface area contributed by atoms with Crippen LogP contribution in [0.25, 0.3) is 0 Å². The molecule has 0 atom stereocenters. The molecule has 26 heavy (non-hydrogen) atoms. The highest BCUT2D eigenvalue weighted by atomic mass is 19.4. The highest BCUT2D eigenvalue weighted by molar-refractivity contribution is 5.49. The van der Waals surface area contributed by atoms with Gasteiger partial charge in [-0.05, 0) is 35.0 Å².